The lowest BCUT2D eigenvalue weighted by Crippen LogP contribution is -2.56. The Morgan fingerprint density at radius 2 is 1.96 bits per heavy atom. The molecule has 11 nitrogen and oxygen atoms in total. The van der Waals surface area contributed by atoms with Crippen molar-refractivity contribution in [1.29, 1.82) is 5.26 Å². The molecule has 3 aromatic rings. The van der Waals surface area contributed by atoms with Gasteiger partial charge in [-0.05, 0) is 37.3 Å². The summed E-state index contributed by atoms with van der Waals surface area (Å²) in [5, 5.41) is 12.2. The van der Waals surface area contributed by atoms with Gasteiger partial charge in [0.1, 0.15) is 29.7 Å². The van der Waals surface area contributed by atoms with Gasteiger partial charge in [0, 0.05) is 47.9 Å². The Morgan fingerprint density at radius 1 is 1.20 bits per heavy atom. The van der Waals surface area contributed by atoms with E-state index in [2.05, 4.69) is 15.3 Å². The molecule has 2 amide bonds. The van der Waals surface area contributed by atoms with Gasteiger partial charge in [0.15, 0.2) is 0 Å². The summed E-state index contributed by atoms with van der Waals surface area (Å²) in [5.41, 5.74) is 0.174. The first-order chi connectivity index (χ1) is 22.0. The van der Waals surface area contributed by atoms with Crippen molar-refractivity contribution in [2.24, 2.45) is 0 Å². The quantitative estimate of drug-likeness (QED) is 0.324. The van der Waals surface area contributed by atoms with Crippen LogP contribution in [0.25, 0.3) is 0 Å². The van der Waals surface area contributed by atoms with E-state index in [4.69, 9.17) is 16.3 Å². The third-order valence-corrected chi connectivity index (χ3v) is 7.93. The lowest BCUT2D eigenvalue weighted by atomic mass is 9.87. The first kappa shape index (κ1) is 32.6. The zero-order valence-electron chi connectivity index (χ0n) is 24.6. The van der Waals surface area contributed by atoms with Gasteiger partial charge in [-0.3, -0.25) is 24.2 Å². The maximum absolute atomic E-state index is 14.8. The maximum Gasteiger partial charge on any atom is 0.320 e. The number of nitrogens with zero attached hydrogens (tertiary/aromatic N) is 6. The number of esters is 1. The highest BCUT2D eigenvalue weighted by atomic mass is 35.5. The van der Waals surface area contributed by atoms with E-state index in [1.807, 2.05) is 6.07 Å². The molecule has 46 heavy (non-hydrogen) atoms. The van der Waals surface area contributed by atoms with Crippen molar-refractivity contribution in [2.75, 3.05) is 36.2 Å². The summed E-state index contributed by atoms with van der Waals surface area (Å²) >= 11 is 6.56. The molecule has 1 N–H and O–H groups in total. The van der Waals surface area contributed by atoms with Crippen LogP contribution in [0.15, 0.2) is 60.8 Å². The van der Waals surface area contributed by atoms with Gasteiger partial charge in [-0.15, -0.1) is 0 Å². The van der Waals surface area contributed by atoms with Crippen molar-refractivity contribution in [1.82, 2.24) is 20.2 Å². The van der Waals surface area contributed by atoms with Crippen LogP contribution in [0.5, 0.6) is 0 Å². The van der Waals surface area contributed by atoms with Gasteiger partial charge < -0.3 is 15.0 Å². The molecule has 2 heterocycles. The second-order valence-corrected chi connectivity index (χ2v) is 11.3. The van der Waals surface area contributed by atoms with Crippen molar-refractivity contribution in [3.8, 4) is 6.07 Å². The Labute approximate surface area is 267 Å². The van der Waals surface area contributed by atoms with Gasteiger partial charge in [-0.2, -0.15) is 5.26 Å². The van der Waals surface area contributed by atoms with Gasteiger partial charge in [0.2, 0.25) is 11.9 Å². The number of halogens is 4. The second kappa shape index (κ2) is 13.7. The number of hydrogen-bond donors (Lipinski definition) is 1. The molecule has 1 aliphatic carbocycles. The Balaban J connectivity index is 1.60. The lowest BCUT2D eigenvalue weighted by molar-refractivity contribution is -0.144. The summed E-state index contributed by atoms with van der Waals surface area (Å²) in [7, 11) is 0. The first-order valence-electron chi connectivity index (χ1n) is 14.4. The van der Waals surface area contributed by atoms with Crippen LogP contribution in [0, 0.1) is 17.1 Å². The molecule has 1 saturated carbocycles. The fourth-order valence-corrected chi connectivity index (χ4v) is 5.75. The zero-order valence-corrected chi connectivity index (χ0v) is 25.3. The van der Waals surface area contributed by atoms with Crippen LogP contribution in [0.4, 0.5) is 24.8 Å². The third kappa shape index (κ3) is 7.21. The number of nitriles is 1. The highest BCUT2D eigenvalue weighted by Gasteiger charge is 2.48. The van der Waals surface area contributed by atoms with Crippen molar-refractivity contribution in [3.63, 3.8) is 0 Å². The van der Waals surface area contributed by atoms with Crippen LogP contribution in [-0.4, -0.2) is 77.0 Å². The molecule has 1 aliphatic heterocycles. The van der Waals surface area contributed by atoms with Crippen LogP contribution < -0.4 is 15.1 Å². The van der Waals surface area contributed by atoms with Crippen LogP contribution in [0.1, 0.15) is 37.1 Å². The van der Waals surface area contributed by atoms with Crippen molar-refractivity contribution in [2.45, 2.75) is 43.8 Å². The number of ether oxygens (including phenoxy) is 1. The van der Waals surface area contributed by atoms with Gasteiger partial charge in [0.05, 0.1) is 19.8 Å². The monoisotopic (exact) mass is 655 g/mol. The predicted molar refractivity (Wildman–Crippen MR) is 160 cm³/mol. The minimum absolute atomic E-state index is 0.00149. The molecule has 5 rings (SSSR count). The van der Waals surface area contributed by atoms with E-state index in [-0.39, 0.29) is 54.3 Å². The highest BCUT2D eigenvalue weighted by Crippen LogP contribution is 2.39. The molecule has 2 fully saturated rings. The van der Waals surface area contributed by atoms with Crippen molar-refractivity contribution >= 4 is 41.0 Å². The molecular weight excluding hydrogens is 627 g/mol. The Bertz CT molecular complexity index is 1660. The smallest absolute Gasteiger partial charge is 0.320 e. The number of carbonyl (C=O) groups is 3. The molecular formula is C31H29ClF3N7O4. The predicted octanol–water partition coefficient (Wildman–Crippen LogP) is 3.84. The summed E-state index contributed by atoms with van der Waals surface area (Å²) in [4.78, 5) is 53.8. The molecule has 0 spiro atoms. The van der Waals surface area contributed by atoms with E-state index in [1.54, 1.807) is 24.0 Å². The number of aromatic nitrogens is 2. The van der Waals surface area contributed by atoms with Gasteiger partial charge in [0.25, 0.3) is 11.8 Å². The van der Waals surface area contributed by atoms with Crippen LogP contribution in [0.2, 0.25) is 5.02 Å². The Hall–Kier alpha value is -4.74. The molecule has 1 unspecified atom stereocenters. The van der Waals surface area contributed by atoms with Crippen LogP contribution in [0.3, 0.4) is 0 Å². The Morgan fingerprint density at radius 3 is 2.63 bits per heavy atom. The minimum atomic E-state index is -2.93. The number of benzene rings is 2. The Kier molecular flexibility index (Phi) is 9.74. The summed E-state index contributed by atoms with van der Waals surface area (Å²) in [6.07, 6.45) is 0.191. The number of hydrogen-bond acceptors (Lipinski definition) is 9. The lowest BCUT2D eigenvalue weighted by Gasteiger charge is -2.39. The molecule has 2 atom stereocenters. The number of carbonyl (C=O) groups excluding carboxylic acids is 3. The largest absolute Gasteiger partial charge is 0.465 e. The molecule has 240 valence electrons. The third-order valence-electron chi connectivity index (χ3n) is 7.58. The van der Waals surface area contributed by atoms with Crippen LogP contribution in [-0.2, 0) is 19.1 Å². The zero-order chi connectivity index (χ0) is 33.0. The molecule has 1 saturated heterocycles. The first-order valence-corrected chi connectivity index (χ1v) is 14.8. The van der Waals surface area contributed by atoms with E-state index in [9.17, 15) is 32.8 Å². The summed E-state index contributed by atoms with van der Waals surface area (Å²) in [5.74, 6) is -5.72. The summed E-state index contributed by atoms with van der Waals surface area (Å²) in [6.45, 7) is 1.48. The maximum atomic E-state index is 14.8. The van der Waals surface area contributed by atoms with Crippen molar-refractivity contribution in [3.05, 3.63) is 82.9 Å². The number of nitrogens with one attached hydrogen (secondary N) is 1. The van der Waals surface area contributed by atoms with Gasteiger partial charge in [-0.1, -0.05) is 35.9 Å². The number of amides is 2. The van der Waals surface area contributed by atoms with E-state index in [1.165, 1.54) is 41.4 Å². The topological polar surface area (TPSA) is 132 Å². The average molecular weight is 656 g/mol. The molecule has 0 bridgehead atoms. The number of rotatable bonds is 10. The molecule has 1 aromatic heterocycles. The van der Waals surface area contributed by atoms with Crippen molar-refractivity contribution < 1.29 is 32.3 Å². The molecule has 2 aromatic carbocycles. The number of anilines is 2. The SMILES string of the molecule is CCOC(=O)CN1C[C@@H](C(=O)N(c2cccc(F)c2)C(C(=O)NC2CC(F)(F)C2)c2ccccc2Cl)N(c2nccc(C#N)n2)C1. The van der Waals surface area contributed by atoms with E-state index in [0.29, 0.717) is 0 Å². The molecule has 15 heteroatoms. The molecule has 0 radical (unpaired) electrons. The van der Waals surface area contributed by atoms with Gasteiger partial charge >= 0.3 is 5.97 Å². The van der Waals surface area contributed by atoms with E-state index in [0.717, 1.165) is 17.0 Å². The average Bonchev–Trinajstić information content (AvgIpc) is 3.43. The highest BCUT2D eigenvalue weighted by molar-refractivity contribution is 6.31. The fourth-order valence-electron chi connectivity index (χ4n) is 5.51. The normalized spacial score (nSPS) is 18.3. The minimum Gasteiger partial charge on any atom is -0.465 e. The molecule has 2 aliphatic rings. The van der Waals surface area contributed by atoms with E-state index < -0.39 is 60.5 Å². The van der Waals surface area contributed by atoms with Gasteiger partial charge in [-0.25, -0.2) is 23.1 Å². The van der Waals surface area contributed by atoms with Crippen LogP contribution >= 0.6 is 11.6 Å². The standard InChI is InChI=1S/C31H29ClF3N7O4/c1-2-46-26(43)17-40-16-25(41(18-40)30-37-11-10-20(15-36)39-30)29(45)42(22-7-5-6-19(33)12-22)27(23-8-3-4-9-24(23)32)28(44)38-21-13-31(34,35)14-21/h3-12,21,25,27H,2,13-14,16-18H2,1H3,(H,38,44)/t25-,27?/m0/s1. The summed E-state index contributed by atoms with van der Waals surface area (Å²) < 4.78 is 47.2. The second-order valence-electron chi connectivity index (χ2n) is 10.9. The summed E-state index contributed by atoms with van der Waals surface area (Å²) in [6, 6.07) is 11.0. The fraction of sp³-hybridized carbons (Fsp3) is 0.355. The number of alkyl halides is 2. The van der Waals surface area contributed by atoms with E-state index >= 15 is 0 Å².